The van der Waals surface area contributed by atoms with Gasteiger partial charge in [-0.2, -0.15) is 4.31 Å². The van der Waals surface area contributed by atoms with Crippen LogP contribution in [0.4, 0.5) is 0 Å². The van der Waals surface area contributed by atoms with Crippen molar-refractivity contribution in [2.24, 2.45) is 0 Å². The van der Waals surface area contributed by atoms with E-state index in [1.807, 2.05) is 44.2 Å². The van der Waals surface area contributed by atoms with Gasteiger partial charge in [-0.05, 0) is 56.7 Å². The predicted molar refractivity (Wildman–Crippen MR) is 141 cm³/mol. The first-order valence-electron chi connectivity index (χ1n) is 11.5. The molecule has 0 unspecified atom stereocenters. The Morgan fingerprint density at radius 1 is 0.686 bits per heavy atom. The van der Waals surface area contributed by atoms with Gasteiger partial charge in [-0.1, -0.05) is 72.6 Å². The van der Waals surface area contributed by atoms with Gasteiger partial charge in [0.25, 0.3) is 10.0 Å². The van der Waals surface area contributed by atoms with Crippen LogP contribution in [0.1, 0.15) is 30.5 Å². The normalized spacial score (nSPS) is 12.7. The summed E-state index contributed by atoms with van der Waals surface area (Å²) in [6.07, 6.45) is 1.74. The van der Waals surface area contributed by atoms with Crippen molar-refractivity contribution in [1.29, 1.82) is 0 Å². The van der Waals surface area contributed by atoms with Crippen molar-refractivity contribution in [3.8, 4) is 0 Å². The van der Waals surface area contributed by atoms with E-state index in [9.17, 15) is 16.8 Å². The number of likely N-dealkylation sites (N-methyl/N-ethyl adjacent to an activating group) is 2. The third-order valence-electron chi connectivity index (χ3n) is 5.70. The Labute approximate surface area is 209 Å². The number of benzene rings is 3. The molecule has 3 aromatic carbocycles. The average Bonchev–Trinajstić information content (AvgIpc) is 2.83. The fourth-order valence-corrected chi connectivity index (χ4v) is 6.62. The van der Waals surface area contributed by atoms with Crippen molar-refractivity contribution in [2.45, 2.75) is 37.5 Å². The van der Waals surface area contributed by atoms with Gasteiger partial charge in [-0.3, -0.25) is 4.31 Å². The molecule has 8 heteroatoms. The average molecular weight is 513 g/mol. The van der Waals surface area contributed by atoms with Gasteiger partial charge in [-0.15, -0.1) is 0 Å². The minimum atomic E-state index is -3.91. The summed E-state index contributed by atoms with van der Waals surface area (Å²) >= 11 is 0. The van der Waals surface area contributed by atoms with Crippen molar-refractivity contribution in [3.63, 3.8) is 0 Å². The molecule has 0 fully saturated rings. The summed E-state index contributed by atoms with van der Waals surface area (Å²) in [6.45, 7) is 7.52. The van der Waals surface area contributed by atoms with Crippen LogP contribution in [-0.4, -0.2) is 45.1 Å². The van der Waals surface area contributed by atoms with Crippen LogP contribution < -0.4 is 0 Å². The summed E-state index contributed by atoms with van der Waals surface area (Å²) in [6, 6.07) is 22.6. The zero-order valence-electron chi connectivity index (χ0n) is 20.5. The lowest BCUT2D eigenvalue weighted by Gasteiger charge is -2.30. The van der Waals surface area contributed by atoms with Crippen LogP contribution in [0, 0.1) is 13.8 Å². The van der Waals surface area contributed by atoms with Gasteiger partial charge in [0.1, 0.15) is 0 Å². The number of aryl methyl sites for hydroxylation is 2. The molecule has 0 saturated carbocycles. The minimum absolute atomic E-state index is 0.0967. The predicted octanol–water partition coefficient (Wildman–Crippen LogP) is 5.07. The molecule has 3 aromatic rings. The smallest absolute Gasteiger partial charge is 0.264 e. The van der Waals surface area contributed by atoms with E-state index in [0.717, 1.165) is 16.7 Å². The highest BCUT2D eigenvalue weighted by atomic mass is 32.2. The van der Waals surface area contributed by atoms with Crippen molar-refractivity contribution >= 4 is 26.1 Å². The van der Waals surface area contributed by atoms with E-state index in [1.54, 1.807) is 68.5 Å². The van der Waals surface area contributed by atoms with Crippen LogP contribution in [0.3, 0.4) is 0 Å². The number of hydrogen-bond acceptors (Lipinski definition) is 4. The standard InChI is InChI=1S/C27H32N2O4S2/c1-5-28(34(30,31)26-16-12-22(3)13-17-26)21-25(20-24-10-8-7-9-11-24)29(6-2)35(32,33)27-18-14-23(4)15-19-27/h7-20H,5-6,21H2,1-4H3/b25-20-. The van der Waals surface area contributed by atoms with E-state index in [4.69, 9.17) is 0 Å². The Kier molecular flexibility index (Phi) is 8.53. The van der Waals surface area contributed by atoms with Crippen molar-refractivity contribution in [2.75, 3.05) is 19.6 Å². The maximum atomic E-state index is 13.7. The fourth-order valence-electron chi connectivity index (χ4n) is 3.71. The molecule has 0 radical (unpaired) electrons. The third-order valence-corrected chi connectivity index (χ3v) is 9.58. The van der Waals surface area contributed by atoms with Crippen LogP contribution in [-0.2, 0) is 20.0 Å². The molecular formula is C27H32N2O4S2. The van der Waals surface area contributed by atoms with E-state index in [0.29, 0.717) is 5.70 Å². The van der Waals surface area contributed by atoms with Gasteiger partial charge in [0.05, 0.1) is 16.3 Å². The molecule has 0 aliphatic heterocycles. The first kappa shape index (κ1) is 26.7. The summed E-state index contributed by atoms with van der Waals surface area (Å²) < 4.78 is 56.8. The Bertz CT molecular complexity index is 1370. The zero-order valence-corrected chi connectivity index (χ0v) is 22.2. The SMILES string of the molecule is CCN(C/C(=C/c1ccccc1)N(CC)S(=O)(=O)c1ccc(C)cc1)S(=O)(=O)c1ccc(C)cc1. The maximum absolute atomic E-state index is 13.7. The second kappa shape index (κ2) is 11.2. The maximum Gasteiger partial charge on any atom is 0.264 e. The van der Waals surface area contributed by atoms with Crippen molar-refractivity contribution < 1.29 is 16.8 Å². The minimum Gasteiger partial charge on any atom is -0.269 e. The van der Waals surface area contributed by atoms with Crippen LogP contribution in [0.25, 0.3) is 6.08 Å². The molecule has 6 nitrogen and oxygen atoms in total. The second-order valence-electron chi connectivity index (χ2n) is 8.27. The van der Waals surface area contributed by atoms with Crippen LogP contribution >= 0.6 is 0 Å². The molecule has 0 heterocycles. The molecule has 0 aliphatic rings. The summed E-state index contributed by atoms with van der Waals surface area (Å²) in [7, 11) is -7.75. The van der Waals surface area contributed by atoms with Crippen molar-refractivity contribution in [3.05, 3.63) is 101 Å². The van der Waals surface area contributed by atoms with E-state index in [1.165, 1.54) is 8.61 Å². The van der Waals surface area contributed by atoms with Gasteiger partial charge in [-0.25, -0.2) is 16.8 Å². The molecule has 0 aromatic heterocycles. The number of nitrogens with zero attached hydrogens (tertiary/aromatic N) is 2. The highest BCUT2D eigenvalue weighted by Gasteiger charge is 2.30. The van der Waals surface area contributed by atoms with Crippen LogP contribution in [0.15, 0.2) is 94.4 Å². The largest absolute Gasteiger partial charge is 0.269 e. The Hall–Kier alpha value is -2.94. The van der Waals surface area contributed by atoms with Crippen LogP contribution in [0.5, 0.6) is 0 Å². The molecule has 0 spiro atoms. The van der Waals surface area contributed by atoms with Gasteiger partial charge in [0, 0.05) is 18.8 Å². The lowest BCUT2D eigenvalue weighted by atomic mass is 10.2. The lowest BCUT2D eigenvalue weighted by molar-refractivity contribution is 0.410. The topological polar surface area (TPSA) is 74.8 Å². The van der Waals surface area contributed by atoms with Crippen LogP contribution in [0.2, 0.25) is 0 Å². The molecule has 0 bridgehead atoms. The molecule has 186 valence electrons. The van der Waals surface area contributed by atoms with Gasteiger partial charge in [0.15, 0.2) is 0 Å². The van der Waals surface area contributed by atoms with E-state index < -0.39 is 20.0 Å². The molecule has 0 N–H and O–H groups in total. The number of hydrogen-bond donors (Lipinski definition) is 0. The highest BCUT2D eigenvalue weighted by Crippen LogP contribution is 2.25. The number of rotatable bonds is 10. The first-order valence-corrected chi connectivity index (χ1v) is 14.4. The summed E-state index contributed by atoms with van der Waals surface area (Å²) in [5.74, 6) is 0. The Morgan fingerprint density at radius 2 is 1.17 bits per heavy atom. The molecule has 35 heavy (non-hydrogen) atoms. The van der Waals surface area contributed by atoms with Gasteiger partial charge in [0.2, 0.25) is 10.0 Å². The zero-order chi connectivity index (χ0) is 25.6. The van der Waals surface area contributed by atoms with Gasteiger partial charge < -0.3 is 0 Å². The monoisotopic (exact) mass is 512 g/mol. The molecule has 0 saturated heterocycles. The molecule has 0 atom stereocenters. The summed E-state index contributed by atoms with van der Waals surface area (Å²) in [5.41, 5.74) is 3.06. The number of sulfonamides is 2. The lowest BCUT2D eigenvalue weighted by Crippen LogP contribution is -2.39. The fraction of sp³-hybridized carbons (Fsp3) is 0.259. The third kappa shape index (κ3) is 6.20. The van der Waals surface area contributed by atoms with E-state index in [-0.39, 0.29) is 29.4 Å². The highest BCUT2D eigenvalue weighted by molar-refractivity contribution is 7.89. The summed E-state index contributed by atoms with van der Waals surface area (Å²) in [4.78, 5) is 0.335. The van der Waals surface area contributed by atoms with Crippen molar-refractivity contribution in [1.82, 2.24) is 8.61 Å². The molecule has 3 rings (SSSR count). The molecule has 0 amide bonds. The quantitative estimate of drug-likeness (QED) is 0.380. The molecule has 0 aliphatic carbocycles. The first-order chi connectivity index (χ1) is 16.6. The van der Waals surface area contributed by atoms with Gasteiger partial charge >= 0.3 is 0 Å². The van der Waals surface area contributed by atoms with E-state index >= 15 is 0 Å². The Balaban J connectivity index is 2.09. The summed E-state index contributed by atoms with van der Waals surface area (Å²) in [5, 5.41) is 0. The Morgan fingerprint density at radius 3 is 1.63 bits per heavy atom. The van der Waals surface area contributed by atoms with E-state index in [2.05, 4.69) is 0 Å². The second-order valence-corrected chi connectivity index (χ2v) is 12.1. The molecular weight excluding hydrogens is 480 g/mol.